The average molecular weight is 296 g/mol. The second kappa shape index (κ2) is 12.2. The second-order valence-corrected chi connectivity index (χ2v) is 6.17. The molecule has 114 valence electrons. The van der Waals surface area contributed by atoms with Crippen molar-refractivity contribution in [1.82, 2.24) is 0 Å². The minimum Gasteiger partial charge on any atom is -0.378 e. The third-order valence-electron chi connectivity index (χ3n) is 3.17. The van der Waals surface area contributed by atoms with Gasteiger partial charge in [0.2, 0.25) is 0 Å². The fourth-order valence-corrected chi connectivity index (χ4v) is 2.84. The van der Waals surface area contributed by atoms with Crippen LogP contribution in [0, 0.1) is 0 Å². The van der Waals surface area contributed by atoms with Crippen molar-refractivity contribution in [2.75, 3.05) is 20.3 Å². The number of ether oxygens (including phenoxy) is 2. The van der Waals surface area contributed by atoms with E-state index in [-0.39, 0.29) is 5.44 Å². The van der Waals surface area contributed by atoms with Crippen LogP contribution in [0.15, 0.2) is 35.2 Å². The van der Waals surface area contributed by atoms with Crippen molar-refractivity contribution in [2.45, 2.75) is 55.8 Å². The van der Waals surface area contributed by atoms with Gasteiger partial charge in [-0.25, -0.2) is 0 Å². The summed E-state index contributed by atoms with van der Waals surface area (Å²) < 4.78 is 11.2. The van der Waals surface area contributed by atoms with E-state index in [1.54, 1.807) is 18.9 Å². The molecule has 2 nitrogen and oxygen atoms in total. The molecule has 0 aliphatic heterocycles. The zero-order valence-electron chi connectivity index (χ0n) is 12.8. The third kappa shape index (κ3) is 8.62. The maximum absolute atomic E-state index is 5.72. The summed E-state index contributed by atoms with van der Waals surface area (Å²) >= 11 is 1.72. The minimum absolute atomic E-state index is 0.0810. The lowest BCUT2D eigenvalue weighted by molar-refractivity contribution is 0.0515. The van der Waals surface area contributed by atoms with E-state index in [0.717, 1.165) is 13.0 Å². The summed E-state index contributed by atoms with van der Waals surface area (Å²) in [6, 6.07) is 10.3. The van der Waals surface area contributed by atoms with Crippen molar-refractivity contribution in [3.05, 3.63) is 30.3 Å². The molecular formula is C17H28O2S. The van der Waals surface area contributed by atoms with Gasteiger partial charge in [0.05, 0.1) is 6.61 Å². The average Bonchev–Trinajstić information content (AvgIpc) is 2.49. The van der Waals surface area contributed by atoms with Crippen molar-refractivity contribution in [2.24, 2.45) is 0 Å². The Balaban J connectivity index is 2.04. The molecule has 0 bridgehead atoms. The van der Waals surface area contributed by atoms with E-state index in [4.69, 9.17) is 9.47 Å². The first-order valence-corrected chi connectivity index (χ1v) is 8.57. The van der Waals surface area contributed by atoms with Crippen molar-refractivity contribution < 1.29 is 9.47 Å². The van der Waals surface area contributed by atoms with E-state index in [1.807, 2.05) is 18.2 Å². The molecule has 1 unspecified atom stereocenters. The Hall–Kier alpha value is -0.510. The SMILES string of the molecule is CCCCCCCCOCC(OC)Sc1ccccc1. The first-order chi connectivity index (χ1) is 9.86. The molecule has 0 N–H and O–H groups in total. The summed E-state index contributed by atoms with van der Waals surface area (Å²) in [6.45, 7) is 3.75. The van der Waals surface area contributed by atoms with Gasteiger partial charge in [0.25, 0.3) is 0 Å². The minimum atomic E-state index is 0.0810. The molecule has 0 saturated carbocycles. The Morgan fingerprint density at radius 3 is 2.40 bits per heavy atom. The maximum atomic E-state index is 5.72. The second-order valence-electron chi connectivity index (χ2n) is 4.94. The molecule has 0 spiro atoms. The number of benzene rings is 1. The van der Waals surface area contributed by atoms with Gasteiger partial charge in [-0.15, -0.1) is 0 Å². The van der Waals surface area contributed by atoms with Gasteiger partial charge >= 0.3 is 0 Å². The Bertz CT molecular complexity index is 316. The Labute approximate surface area is 128 Å². The predicted octanol–water partition coefficient (Wildman–Crippen LogP) is 5.13. The van der Waals surface area contributed by atoms with Crippen LogP contribution in [0.3, 0.4) is 0 Å². The number of unbranched alkanes of at least 4 members (excludes halogenated alkanes) is 5. The Kier molecular flexibility index (Phi) is 10.7. The molecule has 0 heterocycles. The van der Waals surface area contributed by atoms with Gasteiger partial charge in [-0.05, 0) is 18.6 Å². The quantitative estimate of drug-likeness (QED) is 0.303. The molecular weight excluding hydrogens is 268 g/mol. The fourth-order valence-electron chi connectivity index (χ4n) is 1.97. The topological polar surface area (TPSA) is 18.5 Å². The first-order valence-electron chi connectivity index (χ1n) is 7.69. The van der Waals surface area contributed by atoms with Gasteiger partial charge in [0.1, 0.15) is 5.44 Å². The first kappa shape index (κ1) is 17.5. The lowest BCUT2D eigenvalue weighted by Gasteiger charge is -2.15. The van der Waals surface area contributed by atoms with Gasteiger partial charge in [0, 0.05) is 18.6 Å². The molecule has 3 heteroatoms. The maximum Gasteiger partial charge on any atom is 0.130 e. The molecule has 0 amide bonds. The van der Waals surface area contributed by atoms with Gasteiger partial charge in [-0.2, -0.15) is 0 Å². The summed E-state index contributed by atoms with van der Waals surface area (Å²) in [5.41, 5.74) is 0.0810. The third-order valence-corrected chi connectivity index (χ3v) is 4.31. The highest BCUT2D eigenvalue weighted by Crippen LogP contribution is 2.23. The van der Waals surface area contributed by atoms with E-state index < -0.39 is 0 Å². The molecule has 0 aliphatic rings. The standard InChI is InChI=1S/C17H28O2S/c1-3-4-5-6-7-11-14-19-15-17(18-2)20-16-12-9-8-10-13-16/h8-10,12-13,17H,3-7,11,14-15H2,1-2H3. The van der Waals surface area contributed by atoms with Crippen LogP contribution in [-0.4, -0.2) is 25.8 Å². The zero-order chi connectivity index (χ0) is 14.5. The highest BCUT2D eigenvalue weighted by atomic mass is 32.2. The molecule has 0 fully saturated rings. The Morgan fingerprint density at radius 1 is 1.00 bits per heavy atom. The molecule has 20 heavy (non-hydrogen) atoms. The smallest absolute Gasteiger partial charge is 0.130 e. The van der Waals surface area contributed by atoms with Crippen LogP contribution in [0.25, 0.3) is 0 Å². The summed E-state index contributed by atoms with van der Waals surface area (Å²) in [5, 5.41) is 0. The summed E-state index contributed by atoms with van der Waals surface area (Å²) in [4.78, 5) is 1.22. The van der Waals surface area contributed by atoms with Gasteiger partial charge in [-0.3, -0.25) is 0 Å². The Morgan fingerprint density at radius 2 is 1.70 bits per heavy atom. The van der Waals surface area contributed by atoms with Crippen LogP contribution in [0.5, 0.6) is 0 Å². The molecule has 1 aromatic carbocycles. The predicted molar refractivity (Wildman–Crippen MR) is 87.3 cm³/mol. The fraction of sp³-hybridized carbons (Fsp3) is 0.647. The van der Waals surface area contributed by atoms with E-state index >= 15 is 0 Å². The largest absolute Gasteiger partial charge is 0.378 e. The summed E-state index contributed by atoms with van der Waals surface area (Å²) in [6.07, 6.45) is 7.81. The summed E-state index contributed by atoms with van der Waals surface area (Å²) in [5.74, 6) is 0. The number of rotatable bonds is 12. The van der Waals surface area contributed by atoms with Crippen LogP contribution < -0.4 is 0 Å². The monoisotopic (exact) mass is 296 g/mol. The number of hydrogen-bond donors (Lipinski definition) is 0. The van der Waals surface area contributed by atoms with E-state index in [9.17, 15) is 0 Å². The van der Waals surface area contributed by atoms with E-state index in [2.05, 4.69) is 19.1 Å². The summed E-state index contributed by atoms with van der Waals surface area (Å²) in [7, 11) is 1.74. The van der Waals surface area contributed by atoms with Gasteiger partial charge in [-0.1, -0.05) is 69.0 Å². The molecule has 0 aromatic heterocycles. The van der Waals surface area contributed by atoms with Crippen molar-refractivity contribution >= 4 is 11.8 Å². The lowest BCUT2D eigenvalue weighted by atomic mass is 10.1. The van der Waals surface area contributed by atoms with Crippen molar-refractivity contribution in [3.8, 4) is 0 Å². The van der Waals surface area contributed by atoms with Crippen LogP contribution in [0.4, 0.5) is 0 Å². The molecule has 1 aromatic rings. The highest BCUT2D eigenvalue weighted by Gasteiger charge is 2.08. The molecule has 0 saturated heterocycles. The number of hydrogen-bond acceptors (Lipinski definition) is 3. The number of thioether (sulfide) groups is 1. The van der Waals surface area contributed by atoms with Crippen LogP contribution in [0.2, 0.25) is 0 Å². The van der Waals surface area contributed by atoms with Crippen LogP contribution >= 0.6 is 11.8 Å². The van der Waals surface area contributed by atoms with Gasteiger partial charge < -0.3 is 9.47 Å². The van der Waals surface area contributed by atoms with Gasteiger partial charge in [0.15, 0.2) is 0 Å². The van der Waals surface area contributed by atoms with E-state index in [1.165, 1.54) is 37.0 Å². The van der Waals surface area contributed by atoms with Crippen LogP contribution in [-0.2, 0) is 9.47 Å². The van der Waals surface area contributed by atoms with Crippen molar-refractivity contribution in [3.63, 3.8) is 0 Å². The van der Waals surface area contributed by atoms with Crippen LogP contribution in [0.1, 0.15) is 45.4 Å². The van der Waals surface area contributed by atoms with Crippen molar-refractivity contribution in [1.29, 1.82) is 0 Å². The number of methoxy groups -OCH3 is 1. The molecule has 0 radical (unpaired) electrons. The zero-order valence-corrected chi connectivity index (χ0v) is 13.7. The molecule has 0 aliphatic carbocycles. The normalized spacial score (nSPS) is 12.5. The molecule has 1 atom stereocenters. The molecule has 1 rings (SSSR count). The lowest BCUT2D eigenvalue weighted by Crippen LogP contribution is -2.14. The van der Waals surface area contributed by atoms with E-state index in [0.29, 0.717) is 6.61 Å². The highest BCUT2D eigenvalue weighted by molar-refractivity contribution is 7.99.